The van der Waals surface area contributed by atoms with Gasteiger partial charge in [0, 0.05) is 6.61 Å². The largest absolute Gasteiger partial charge is 0.373 e. The van der Waals surface area contributed by atoms with E-state index >= 15 is 0 Å². The summed E-state index contributed by atoms with van der Waals surface area (Å²) in [7, 11) is 5.38. The van der Waals surface area contributed by atoms with E-state index in [0.717, 1.165) is 6.42 Å². The lowest BCUT2D eigenvalue weighted by molar-refractivity contribution is -0.137. The lowest BCUT2D eigenvalue weighted by atomic mass is 9.93. The maximum absolute atomic E-state index is 11.7. The quantitative estimate of drug-likeness (QED) is 0.655. The maximum Gasteiger partial charge on any atom is 0.155 e. The van der Waals surface area contributed by atoms with Gasteiger partial charge in [-0.1, -0.05) is 20.8 Å². The van der Waals surface area contributed by atoms with E-state index < -0.39 is 6.10 Å². The highest BCUT2D eigenvalue weighted by Crippen LogP contribution is 2.19. The molecular formula is C14H27BO3. The second kappa shape index (κ2) is 7.29. The summed E-state index contributed by atoms with van der Waals surface area (Å²) in [5.74, 6) is -0.104. The van der Waals surface area contributed by atoms with Gasteiger partial charge in [0.25, 0.3) is 0 Å². The van der Waals surface area contributed by atoms with Crippen molar-refractivity contribution in [2.75, 3.05) is 13.2 Å². The molecule has 0 spiro atoms. The molecule has 3 nitrogen and oxygen atoms in total. The first kappa shape index (κ1) is 17.7. The van der Waals surface area contributed by atoms with Gasteiger partial charge < -0.3 is 9.47 Å². The van der Waals surface area contributed by atoms with Crippen LogP contribution >= 0.6 is 0 Å². The zero-order valence-electron chi connectivity index (χ0n) is 12.7. The van der Waals surface area contributed by atoms with Crippen molar-refractivity contribution >= 4 is 13.6 Å². The van der Waals surface area contributed by atoms with Gasteiger partial charge in [-0.3, -0.25) is 4.79 Å². The second-order valence-electron chi connectivity index (χ2n) is 6.76. The number of hydrogen-bond acceptors (Lipinski definition) is 3. The summed E-state index contributed by atoms with van der Waals surface area (Å²) in [5, 5.41) is 0. The number of ether oxygens (including phenoxy) is 2. The summed E-state index contributed by atoms with van der Waals surface area (Å²) in [6.07, 6.45) is 0.349. The average Bonchev–Trinajstić information content (AvgIpc) is 2.19. The van der Waals surface area contributed by atoms with Gasteiger partial charge in [-0.05, 0) is 38.9 Å². The van der Waals surface area contributed by atoms with Crippen molar-refractivity contribution in [2.45, 2.75) is 66.0 Å². The van der Waals surface area contributed by atoms with Crippen LogP contribution in [0.4, 0.5) is 0 Å². The van der Waals surface area contributed by atoms with Crippen molar-refractivity contribution in [3.8, 4) is 0 Å². The lowest BCUT2D eigenvalue weighted by Gasteiger charge is -2.25. The third-order valence-corrected chi connectivity index (χ3v) is 2.40. The van der Waals surface area contributed by atoms with E-state index in [4.69, 9.17) is 17.3 Å². The number of ketones is 1. The van der Waals surface area contributed by atoms with Gasteiger partial charge in [0.05, 0.1) is 20.1 Å². The highest BCUT2D eigenvalue weighted by atomic mass is 16.5. The molecule has 104 valence electrons. The normalized spacial score (nSPS) is 14.6. The van der Waals surface area contributed by atoms with E-state index in [-0.39, 0.29) is 29.7 Å². The summed E-state index contributed by atoms with van der Waals surface area (Å²) in [6.45, 7) is 13.1. The molecule has 0 aromatic rings. The van der Waals surface area contributed by atoms with E-state index in [1.54, 1.807) is 0 Å². The maximum atomic E-state index is 11.7. The van der Waals surface area contributed by atoms with E-state index in [0.29, 0.717) is 6.61 Å². The fourth-order valence-corrected chi connectivity index (χ4v) is 1.20. The van der Waals surface area contributed by atoms with Gasteiger partial charge in [0.15, 0.2) is 5.78 Å². The van der Waals surface area contributed by atoms with Crippen LogP contribution in [0.5, 0.6) is 0 Å². The number of carbonyl (C=O) groups excluding carboxylic acids is 1. The zero-order valence-corrected chi connectivity index (χ0v) is 12.7. The topological polar surface area (TPSA) is 35.5 Å². The zero-order chi connectivity index (χ0) is 14.4. The van der Waals surface area contributed by atoms with Gasteiger partial charge in [0.1, 0.15) is 6.10 Å². The van der Waals surface area contributed by atoms with E-state index in [1.807, 2.05) is 20.8 Å². The van der Waals surface area contributed by atoms with Gasteiger partial charge in [0.2, 0.25) is 0 Å². The Kier molecular flexibility index (Phi) is 7.15. The Morgan fingerprint density at radius 1 is 1.17 bits per heavy atom. The molecule has 18 heavy (non-hydrogen) atoms. The molecule has 1 atom stereocenters. The molecule has 0 N–H and O–H groups in total. The molecule has 0 fully saturated rings. The van der Waals surface area contributed by atoms with Crippen molar-refractivity contribution in [1.29, 1.82) is 0 Å². The standard InChI is InChI=1S/C14H27BO3/c1-13(2,3)7-8-17-12(11(16)9-15)10-18-14(4,5)6/h12H,7-10H2,1-6H3. The number of carbonyl (C=O) groups is 1. The Bertz CT molecular complexity index is 251. The van der Waals surface area contributed by atoms with E-state index in [9.17, 15) is 4.79 Å². The third kappa shape index (κ3) is 9.66. The van der Waals surface area contributed by atoms with Crippen molar-refractivity contribution in [1.82, 2.24) is 0 Å². The van der Waals surface area contributed by atoms with Crippen LogP contribution in [-0.2, 0) is 14.3 Å². The summed E-state index contributed by atoms with van der Waals surface area (Å²) < 4.78 is 11.2. The van der Waals surface area contributed by atoms with Crippen molar-refractivity contribution in [3.63, 3.8) is 0 Å². The number of Topliss-reactive ketones (excluding diaryl/α,β-unsaturated/α-hetero) is 1. The first-order chi connectivity index (χ1) is 8.05. The summed E-state index contributed by atoms with van der Waals surface area (Å²) in [6, 6.07) is 0. The summed E-state index contributed by atoms with van der Waals surface area (Å²) in [5.41, 5.74) is -0.0816. The Balaban J connectivity index is 4.21. The van der Waals surface area contributed by atoms with Crippen LogP contribution in [0.1, 0.15) is 48.0 Å². The first-order valence-electron chi connectivity index (χ1n) is 6.53. The molecule has 0 heterocycles. The van der Waals surface area contributed by atoms with Crippen LogP contribution in [-0.4, -0.2) is 38.5 Å². The van der Waals surface area contributed by atoms with Crippen molar-refractivity contribution in [3.05, 3.63) is 0 Å². The van der Waals surface area contributed by atoms with Gasteiger partial charge in [-0.25, -0.2) is 0 Å². The molecule has 0 saturated heterocycles. The third-order valence-electron chi connectivity index (χ3n) is 2.40. The molecule has 0 aliphatic rings. The molecule has 0 bridgehead atoms. The Hall–Kier alpha value is -0.345. The fourth-order valence-electron chi connectivity index (χ4n) is 1.20. The Labute approximate surface area is 113 Å². The SMILES string of the molecule is [B]CC(=O)C(COC(C)(C)C)OCCC(C)(C)C. The Morgan fingerprint density at radius 2 is 1.72 bits per heavy atom. The summed E-state index contributed by atoms with van der Waals surface area (Å²) in [4.78, 5) is 11.7. The monoisotopic (exact) mass is 254 g/mol. The predicted molar refractivity (Wildman–Crippen MR) is 75.1 cm³/mol. The smallest absolute Gasteiger partial charge is 0.155 e. The van der Waals surface area contributed by atoms with E-state index in [1.165, 1.54) is 0 Å². The highest BCUT2D eigenvalue weighted by Gasteiger charge is 2.22. The predicted octanol–water partition coefficient (Wildman–Crippen LogP) is 2.78. The van der Waals surface area contributed by atoms with Crippen LogP contribution < -0.4 is 0 Å². The molecule has 4 heteroatoms. The number of rotatable bonds is 7. The first-order valence-corrected chi connectivity index (χ1v) is 6.53. The highest BCUT2D eigenvalue weighted by molar-refractivity contribution is 6.21. The molecule has 0 aromatic heterocycles. The van der Waals surface area contributed by atoms with Crippen molar-refractivity contribution < 1.29 is 14.3 Å². The Morgan fingerprint density at radius 3 is 2.11 bits per heavy atom. The molecule has 0 aromatic carbocycles. The lowest BCUT2D eigenvalue weighted by Crippen LogP contribution is -2.34. The molecule has 2 radical (unpaired) electrons. The van der Waals surface area contributed by atoms with E-state index in [2.05, 4.69) is 20.8 Å². The van der Waals surface area contributed by atoms with Gasteiger partial charge >= 0.3 is 0 Å². The minimum atomic E-state index is -0.545. The average molecular weight is 254 g/mol. The molecule has 0 saturated carbocycles. The fraction of sp³-hybridized carbons (Fsp3) is 0.929. The van der Waals surface area contributed by atoms with Crippen molar-refractivity contribution in [2.24, 2.45) is 5.41 Å². The summed E-state index contributed by atoms with van der Waals surface area (Å²) >= 11 is 0. The van der Waals surface area contributed by atoms with Gasteiger partial charge in [-0.15, -0.1) is 0 Å². The minimum Gasteiger partial charge on any atom is -0.373 e. The molecular weight excluding hydrogens is 227 g/mol. The van der Waals surface area contributed by atoms with Crippen LogP contribution in [0.25, 0.3) is 0 Å². The molecule has 1 unspecified atom stereocenters. The number of hydrogen-bond donors (Lipinski definition) is 0. The van der Waals surface area contributed by atoms with Crippen LogP contribution in [0.3, 0.4) is 0 Å². The van der Waals surface area contributed by atoms with Crippen LogP contribution in [0.15, 0.2) is 0 Å². The second-order valence-corrected chi connectivity index (χ2v) is 6.76. The minimum absolute atomic E-state index is 0.00626. The molecule has 0 rings (SSSR count). The molecule has 0 aliphatic carbocycles. The van der Waals surface area contributed by atoms with Crippen LogP contribution in [0.2, 0.25) is 6.32 Å². The molecule has 0 amide bonds. The van der Waals surface area contributed by atoms with Gasteiger partial charge in [-0.2, -0.15) is 0 Å². The molecule has 0 aliphatic heterocycles. The van der Waals surface area contributed by atoms with Crippen LogP contribution in [0, 0.1) is 5.41 Å².